The lowest BCUT2D eigenvalue weighted by Crippen LogP contribution is -2.42. The molecule has 2 aliphatic carbocycles. The highest BCUT2D eigenvalue weighted by Gasteiger charge is 2.41. The molecule has 2 fully saturated rings. The fraction of sp³-hybridized carbons (Fsp3) is 0.550. The predicted molar refractivity (Wildman–Crippen MR) is 121 cm³/mol. The zero-order chi connectivity index (χ0) is 17.2. The van der Waals surface area contributed by atoms with Crippen molar-refractivity contribution in [3.63, 3.8) is 0 Å². The van der Waals surface area contributed by atoms with Gasteiger partial charge in [-0.05, 0) is 61.0 Å². The van der Waals surface area contributed by atoms with Crippen LogP contribution in [0, 0.1) is 17.8 Å². The quantitative estimate of drug-likeness (QED) is 0.314. The third kappa shape index (κ3) is 4.89. The maximum atomic E-state index is 10.5. The number of hydrogen-bond acceptors (Lipinski definition) is 3. The number of nitrogens with zero attached hydrogens (tertiary/aromatic N) is 1. The number of hydrogen-bond donors (Lipinski definition) is 3. The number of benzene rings is 1. The van der Waals surface area contributed by atoms with E-state index in [1.165, 1.54) is 35.8 Å². The molecule has 26 heavy (non-hydrogen) atoms. The predicted octanol–water partition coefficient (Wildman–Crippen LogP) is 4.15. The molecule has 0 saturated heterocycles. The molecule has 0 radical (unpaired) electrons. The molecular weight excluding hydrogens is 457 g/mol. The molecule has 0 amide bonds. The van der Waals surface area contributed by atoms with E-state index in [0.717, 1.165) is 35.1 Å². The first-order valence-corrected chi connectivity index (χ1v) is 10.2. The lowest BCUT2D eigenvalue weighted by atomic mass is 9.98. The van der Waals surface area contributed by atoms with Crippen molar-refractivity contribution in [3.8, 4) is 0 Å². The number of rotatable bonds is 7. The summed E-state index contributed by atoms with van der Waals surface area (Å²) in [6, 6.07) is 10.3. The molecule has 2 aromatic rings. The third-order valence-corrected chi connectivity index (χ3v) is 6.64. The number of aliphatic imine (C=N–C) groups is 1. The van der Waals surface area contributed by atoms with E-state index in [4.69, 9.17) is 0 Å². The molecule has 0 spiro atoms. The number of fused-ring (bicyclic) bond motifs is 1. The number of aliphatic hydroxyl groups is 1. The maximum absolute atomic E-state index is 10.5. The smallest absolute Gasteiger partial charge is 0.191 e. The third-order valence-electron chi connectivity index (χ3n) is 5.42. The van der Waals surface area contributed by atoms with Gasteiger partial charge < -0.3 is 15.7 Å². The van der Waals surface area contributed by atoms with E-state index in [1.807, 2.05) is 12.1 Å². The van der Waals surface area contributed by atoms with Gasteiger partial charge in [0.25, 0.3) is 0 Å². The van der Waals surface area contributed by atoms with E-state index < -0.39 is 6.10 Å². The Morgan fingerprint density at radius 3 is 2.42 bits per heavy atom. The van der Waals surface area contributed by atoms with E-state index in [-0.39, 0.29) is 24.0 Å². The van der Waals surface area contributed by atoms with Gasteiger partial charge in [0.15, 0.2) is 5.96 Å². The second kappa shape index (κ2) is 8.89. The topological polar surface area (TPSA) is 56.7 Å². The molecule has 4 nitrogen and oxygen atoms in total. The molecular formula is C20H28IN3OS. The Kier molecular flexibility index (Phi) is 6.80. The summed E-state index contributed by atoms with van der Waals surface area (Å²) >= 11 is 1.66. The second-order valence-corrected chi connectivity index (χ2v) is 8.49. The average Bonchev–Trinajstić information content (AvgIpc) is 3.56. The van der Waals surface area contributed by atoms with Crippen LogP contribution in [0.2, 0.25) is 0 Å². The lowest BCUT2D eigenvalue weighted by Gasteiger charge is -2.19. The zero-order valence-corrected chi connectivity index (χ0v) is 18.3. The van der Waals surface area contributed by atoms with Gasteiger partial charge >= 0.3 is 0 Å². The largest absolute Gasteiger partial charge is 0.386 e. The fourth-order valence-electron chi connectivity index (χ4n) is 3.66. The van der Waals surface area contributed by atoms with Gasteiger partial charge in [0, 0.05) is 29.7 Å². The fourth-order valence-corrected chi connectivity index (χ4v) is 4.71. The summed E-state index contributed by atoms with van der Waals surface area (Å²) in [6.07, 6.45) is 5.09. The van der Waals surface area contributed by atoms with Crippen LogP contribution in [-0.4, -0.2) is 31.2 Å². The van der Waals surface area contributed by atoms with Gasteiger partial charge in [-0.2, -0.15) is 0 Å². The minimum absolute atomic E-state index is 0. The summed E-state index contributed by atoms with van der Waals surface area (Å²) in [7, 11) is 1.80. The van der Waals surface area contributed by atoms with Crippen molar-refractivity contribution in [2.24, 2.45) is 22.7 Å². The van der Waals surface area contributed by atoms with E-state index in [9.17, 15) is 5.11 Å². The summed E-state index contributed by atoms with van der Waals surface area (Å²) in [4.78, 5) is 5.31. The van der Waals surface area contributed by atoms with Crippen LogP contribution in [0.15, 0.2) is 35.3 Å². The van der Waals surface area contributed by atoms with Gasteiger partial charge in [-0.3, -0.25) is 4.99 Å². The van der Waals surface area contributed by atoms with E-state index in [1.54, 1.807) is 18.4 Å². The Hall–Kier alpha value is -0.860. The van der Waals surface area contributed by atoms with E-state index in [2.05, 4.69) is 33.8 Å². The van der Waals surface area contributed by atoms with Crippen molar-refractivity contribution in [2.75, 3.05) is 20.1 Å². The normalized spacial score (nSPS) is 18.7. The van der Waals surface area contributed by atoms with Crippen molar-refractivity contribution in [2.45, 2.75) is 31.8 Å². The summed E-state index contributed by atoms with van der Waals surface area (Å²) in [5, 5.41) is 18.5. The van der Waals surface area contributed by atoms with Crippen LogP contribution in [0.3, 0.4) is 0 Å². The molecule has 1 aromatic heterocycles. The highest BCUT2D eigenvalue weighted by atomic mass is 127. The van der Waals surface area contributed by atoms with Crippen molar-refractivity contribution >= 4 is 51.4 Å². The van der Waals surface area contributed by atoms with Crippen LogP contribution in [0.4, 0.5) is 0 Å². The first-order chi connectivity index (χ1) is 12.2. The molecule has 1 aromatic carbocycles. The second-order valence-electron chi connectivity index (χ2n) is 7.38. The summed E-state index contributed by atoms with van der Waals surface area (Å²) in [6.45, 7) is 1.48. The van der Waals surface area contributed by atoms with Crippen LogP contribution in [0.1, 0.15) is 36.7 Å². The molecule has 1 unspecified atom stereocenters. The van der Waals surface area contributed by atoms with Crippen molar-refractivity contribution in [3.05, 3.63) is 35.2 Å². The summed E-state index contributed by atoms with van der Waals surface area (Å²) < 4.78 is 1.22. The molecule has 3 N–H and O–H groups in total. The molecule has 2 saturated carbocycles. The first kappa shape index (κ1) is 19.9. The Balaban J connectivity index is 0.00000196. The van der Waals surface area contributed by atoms with Gasteiger partial charge in [-0.15, -0.1) is 35.3 Å². The maximum Gasteiger partial charge on any atom is 0.191 e. The SMILES string of the molecule is CN=C(NCC(O)c1cc2ccccc2s1)NCC(C1CC1)C1CC1.I. The van der Waals surface area contributed by atoms with Gasteiger partial charge in [0.1, 0.15) is 6.10 Å². The Bertz CT molecular complexity index is 709. The van der Waals surface area contributed by atoms with Crippen LogP contribution in [-0.2, 0) is 0 Å². The first-order valence-electron chi connectivity index (χ1n) is 9.35. The molecule has 0 aliphatic heterocycles. The number of nitrogens with one attached hydrogen (secondary N) is 2. The van der Waals surface area contributed by atoms with Crippen LogP contribution in [0.5, 0.6) is 0 Å². The summed E-state index contributed by atoms with van der Waals surface area (Å²) in [5.74, 6) is 3.47. The minimum atomic E-state index is -0.515. The number of thiophene rings is 1. The van der Waals surface area contributed by atoms with Crippen molar-refractivity contribution in [1.82, 2.24) is 10.6 Å². The van der Waals surface area contributed by atoms with Crippen LogP contribution >= 0.6 is 35.3 Å². The van der Waals surface area contributed by atoms with Crippen molar-refractivity contribution in [1.29, 1.82) is 0 Å². The number of halogens is 1. The number of aliphatic hydroxyl groups excluding tert-OH is 1. The van der Waals surface area contributed by atoms with Crippen molar-refractivity contribution < 1.29 is 5.11 Å². The molecule has 0 bridgehead atoms. The highest BCUT2D eigenvalue weighted by Crippen LogP contribution is 2.48. The van der Waals surface area contributed by atoms with Gasteiger partial charge in [-0.25, -0.2) is 0 Å². The van der Waals surface area contributed by atoms with E-state index >= 15 is 0 Å². The van der Waals surface area contributed by atoms with Gasteiger partial charge in [-0.1, -0.05) is 18.2 Å². The van der Waals surface area contributed by atoms with Crippen LogP contribution in [0.25, 0.3) is 10.1 Å². The molecule has 6 heteroatoms. The average molecular weight is 485 g/mol. The minimum Gasteiger partial charge on any atom is -0.386 e. The van der Waals surface area contributed by atoms with E-state index in [0.29, 0.717) is 6.54 Å². The molecule has 4 rings (SSSR count). The molecule has 142 valence electrons. The highest BCUT2D eigenvalue weighted by molar-refractivity contribution is 14.0. The Morgan fingerprint density at radius 1 is 1.15 bits per heavy atom. The molecule has 2 aliphatic rings. The standard InChI is InChI=1S/C20H27N3OS.HI/c1-21-20(22-11-16(13-6-7-13)14-8-9-14)23-12-17(24)19-10-15-4-2-3-5-18(15)25-19;/h2-5,10,13-14,16-17,24H,6-9,11-12H2,1H3,(H2,21,22,23);1H. The Labute approximate surface area is 176 Å². The Morgan fingerprint density at radius 2 is 1.81 bits per heavy atom. The van der Waals surface area contributed by atoms with Crippen LogP contribution < -0.4 is 10.6 Å². The monoisotopic (exact) mass is 485 g/mol. The zero-order valence-electron chi connectivity index (χ0n) is 15.1. The number of guanidine groups is 1. The lowest BCUT2D eigenvalue weighted by molar-refractivity contribution is 0.184. The van der Waals surface area contributed by atoms with Gasteiger partial charge in [0.2, 0.25) is 0 Å². The summed E-state index contributed by atoms with van der Waals surface area (Å²) in [5.41, 5.74) is 0. The molecule has 1 atom stereocenters. The molecule has 1 heterocycles. The van der Waals surface area contributed by atoms with Gasteiger partial charge in [0.05, 0.1) is 0 Å².